The molecule has 0 amide bonds. The van der Waals surface area contributed by atoms with Crippen molar-refractivity contribution in [2.24, 2.45) is 11.7 Å². The average Bonchev–Trinajstić information content (AvgIpc) is 1.87. The van der Waals surface area contributed by atoms with E-state index in [1.54, 1.807) is 0 Å². The third kappa shape index (κ3) is 6.32. The maximum Gasteiger partial charge on any atom is 0.0249 e. The molecule has 0 aliphatic heterocycles. The first-order valence-electron chi connectivity index (χ1n) is 4.47. The van der Waals surface area contributed by atoms with E-state index < -0.39 is 0 Å². The predicted octanol–water partition coefficient (Wildman–Crippen LogP) is 1.36. The lowest BCUT2D eigenvalue weighted by Crippen LogP contribution is -2.46. The van der Waals surface area contributed by atoms with Crippen molar-refractivity contribution < 1.29 is 0 Å². The summed E-state index contributed by atoms with van der Waals surface area (Å²) < 4.78 is 0. The van der Waals surface area contributed by atoms with Gasteiger partial charge >= 0.3 is 0 Å². The quantitative estimate of drug-likeness (QED) is 0.634. The largest absolute Gasteiger partial charge is 0.324 e. The second kappa shape index (κ2) is 4.73. The lowest BCUT2D eigenvalue weighted by atomic mass is 10.0. The van der Waals surface area contributed by atoms with Crippen LogP contribution in [0.2, 0.25) is 0 Å². The zero-order valence-electron chi connectivity index (χ0n) is 8.28. The van der Waals surface area contributed by atoms with E-state index in [9.17, 15) is 0 Å². The third-order valence-corrected chi connectivity index (χ3v) is 1.89. The minimum Gasteiger partial charge on any atom is -0.324 e. The molecule has 0 saturated carbocycles. The highest BCUT2D eigenvalue weighted by molar-refractivity contribution is 4.79. The van der Waals surface area contributed by atoms with Gasteiger partial charge < -0.3 is 11.1 Å². The number of nitrogens with one attached hydrogen (secondary N) is 1. The molecule has 0 rings (SSSR count). The van der Waals surface area contributed by atoms with Gasteiger partial charge in [0.15, 0.2) is 0 Å². The fraction of sp³-hybridized carbons (Fsp3) is 1.00. The normalized spacial score (nSPS) is 16.9. The molecule has 0 heterocycles. The fourth-order valence-electron chi connectivity index (χ4n) is 0.771. The lowest BCUT2D eigenvalue weighted by molar-refractivity contribution is 0.401. The zero-order valence-corrected chi connectivity index (χ0v) is 8.28. The molecule has 0 aromatic carbocycles. The zero-order chi connectivity index (χ0) is 8.91. The molecule has 0 aliphatic rings. The molecule has 0 saturated heterocycles. The minimum atomic E-state index is -0.0328. The second-order valence-electron chi connectivity index (χ2n) is 4.03. The highest BCUT2D eigenvalue weighted by Crippen LogP contribution is 2.02. The van der Waals surface area contributed by atoms with Crippen molar-refractivity contribution in [2.75, 3.05) is 13.1 Å². The van der Waals surface area contributed by atoms with Crippen LogP contribution < -0.4 is 11.1 Å². The molecule has 0 radical (unpaired) electrons. The van der Waals surface area contributed by atoms with Gasteiger partial charge in [-0.2, -0.15) is 0 Å². The molecule has 0 bridgehead atoms. The molecule has 11 heavy (non-hydrogen) atoms. The molecule has 68 valence electrons. The van der Waals surface area contributed by atoms with Crippen molar-refractivity contribution in [1.29, 1.82) is 0 Å². The molecular formula is C9H22N2. The van der Waals surface area contributed by atoms with Crippen LogP contribution in [0.3, 0.4) is 0 Å². The molecule has 1 unspecified atom stereocenters. The fourth-order valence-corrected chi connectivity index (χ4v) is 0.771. The van der Waals surface area contributed by atoms with Gasteiger partial charge in [0, 0.05) is 12.1 Å². The summed E-state index contributed by atoms with van der Waals surface area (Å²) in [6.07, 6.45) is 1.03. The number of hydrogen-bond acceptors (Lipinski definition) is 2. The maximum atomic E-state index is 5.94. The van der Waals surface area contributed by atoms with Crippen LogP contribution in [0.15, 0.2) is 0 Å². The SMILES string of the molecule is CCC(C)(N)CNCC(C)C. The molecule has 0 aliphatic carbocycles. The van der Waals surface area contributed by atoms with Crippen molar-refractivity contribution in [3.63, 3.8) is 0 Å². The lowest BCUT2D eigenvalue weighted by Gasteiger charge is -2.23. The number of nitrogens with two attached hydrogens (primary N) is 1. The van der Waals surface area contributed by atoms with Crippen LogP contribution in [0.1, 0.15) is 34.1 Å². The van der Waals surface area contributed by atoms with Gasteiger partial charge in [0.05, 0.1) is 0 Å². The van der Waals surface area contributed by atoms with Crippen LogP contribution in [0, 0.1) is 5.92 Å². The van der Waals surface area contributed by atoms with E-state index >= 15 is 0 Å². The summed E-state index contributed by atoms with van der Waals surface area (Å²) >= 11 is 0. The Kier molecular flexibility index (Phi) is 4.69. The van der Waals surface area contributed by atoms with Crippen LogP contribution in [-0.2, 0) is 0 Å². The molecule has 0 fully saturated rings. The van der Waals surface area contributed by atoms with Crippen molar-refractivity contribution in [1.82, 2.24) is 5.32 Å². The smallest absolute Gasteiger partial charge is 0.0249 e. The van der Waals surface area contributed by atoms with Gasteiger partial charge in [-0.15, -0.1) is 0 Å². The van der Waals surface area contributed by atoms with Gasteiger partial charge in [-0.05, 0) is 25.8 Å². The van der Waals surface area contributed by atoms with Gasteiger partial charge in [-0.3, -0.25) is 0 Å². The molecule has 2 nitrogen and oxygen atoms in total. The molecule has 3 N–H and O–H groups in total. The Hall–Kier alpha value is -0.0800. The van der Waals surface area contributed by atoms with E-state index in [-0.39, 0.29) is 5.54 Å². The van der Waals surface area contributed by atoms with E-state index in [2.05, 4.69) is 33.0 Å². The van der Waals surface area contributed by atoms with Crippen LogP contribution in [0.25, 0.3) is 0 Å². The van der Waals surface area contributed by atoms with Crippen LogP contribution in [0.5, 0.6) is 0 Å². The Balaban J connectivity index is 3.38. The van der Waals surface area contributed by atoms with Crippen LogP contribution in [0.4, 0.5) is 0 Å². The Labute approximate surface area is 70.5 Å². The molecule has 0 aromatic rings. The summed E-state index contributed by atoms with van der Waals surface area (Å²) in [4.78, 5) is 0. The van der Waals surface area contributed by atoms with E-state index in [1.165, 1.54) is 0 Å². The molecular weight excluding hydrogens is 136 g/mol. The average molecular weight is 158 g/mol. The molecule has 0 spiro atoms. The van der Waals surface area contributed by atoms with Gasteiger partial charge in [0.2, 0.25) is 0 Å². The first-order chi connectivity index (χ1) is 4.98. The highest BCUT2D eigenvalue weighted by atomic mass is 14.9. The first kappa shape index (κ1) is 10.9. The van der Waals surface area contributed by atoms with Gasteiger partial charge in [0.1, 0.15) is 0 Å². The summed E-state index contributed by atoms with van der Waals surface area (Å²) in [7, 11) is 0. The monoisotopic (exact) mass is 158 g/mol. The van der Waals surface area contributed by atoms with Crippen molar-refractivity contribution in [3.05, 3.63) is 0 Å². The standard InChI is InChI=1S/C9H22N2/c1-5-9(4,10)7-11-6-8(2)3/h8,11H,5-7,10H2,1-4H3. The molecule has 2 heteroatoms. The van der Waals surface area contributed by atoms with E-state index in [4.69, 9.17) is 5.73 Å². The molecule has 0 aromatic heterocycles. The van der Waals surface area contributed by atoms with Crippen molar-refractivity contribution in [3.8, 4) is 0 Å². The van der Waals surface area contributed by atoms with E-state index in [0.717, 1.165) is 19.5 Å². The highest BCUT2D eigenvalue weighted by Gasteiger charge is 2.14. The predicted molar refractivity (Wildman–Crippen MR) is 50.6 cm³/mol. The molecule has 1 atom stereocenters. The summed E-state index contributed by atoms with van der Waals surface area (Å²) in [5.41, 5.74) is 5.91. The summed E-state index contributed by atoms with van der Waals surface area (Å²) in [5.74, 6) is 0.711. The van der Waals surface area contributed by atoms with E-state index in [1.807, 2.05) is 0 Å². The van der Waals surface area contributed by atoms with Crippen molar-refractivity contribution in [2.45, 2.75) is 39.7 Å². The summed E-state index contributed by atoms with van der Waals surface area (Å²) in [5, 5.41) is 3.35. The summed E-state index contributed by atoms with van der Waals surface area (Å²) in [6.45, 7) is 10.6. The topological polar surface area (TPSA) is 38.0 Å². The van der Waals surface area contributed by atoms with Gasteiger partial charge in [-0.25, -0.2) is 0 Å². The maximum absolute atomic E-state index is 5.94. The Morgan fingerprint density at radius 1 is 1.45 bits per heavy atom. The van der Waals surface area contributed by atoms with Crippen LogP contribution >= 0.6 is 0 Å². The summed E-state index contributed by atoms with van der Waals surface area (Å²) in [6, 6.07) is 0. The Bertz CT molecular complexity index is 97.7. The minimum absolute atomic E-state index is 0.0328. The van der Waals surface area contributed by atoms with Gasteiger partial charge in [-0.1, -0.05) is 20.8 Å². The Morgan fingerprint density at radius 2 is 2.00 bits per heavy atom. The third-order valence-electron chi connectivity index (χ3n) is 1.89. The number of rotatable bonds is 5. The van der Waals surface area contributed by atoms with Gasteiger partial charge in [0.25, 0.3) is 0 Å². The van der Waals surface area contributed by atoms with Crippen LogP contribution in [-0.4, -0.2) is 18.6 Å². The first-order valence-corrected chi connectivity index (χ1v) is 4.47. The van der Waals surface area contributed by atoms with E-state index in [0.29, 0.717) is 5.92 Å². The number of hydrogen-bond donors (Lipinski definition) is 2. The Morgan fingerprint density at radius 3 is 2.36 bits per heavy atom. The van der Waals surface area contributed by atoms with Crippen molar-refractivity contribution >= 4 is 0 Å². The second-order valence-corrected chi connectivity index (χ2v) is 4.03.